The van der Waals surface area contributed by atoms with Crippen LogP contribution in [0.25, 0.3) is 0 Å². The van der Waals surface area contributed by atoms with E-state index in [4.69, 9.17) is 4.42 Å². The lowest BCUT2D eigenvalue weighted by atomic mass is 10.2. The van der Waals surface area contributed by atoms with Crippen LogP contribution in [0.3, 0.4) is 0 Å². The third kappa shape index (κ3) is 2.87. The number of furan rings is 1. The summed E-state index contributed by atoms with van der Waals surface area (Å²) in [5, 5.41) is 0. The van der Waals surface area contributed by atoms with Crippen LogP contribution in [0.15, 0.2) is 39.7 Å². The van der Waals surface area contributed by atoms with Gasteiger partial charge in [-0.15, -0.1) is 0 Å². The lowest BCUT2D eigenvalue weighted by Crippen LogP contribution is -2.50. The molecule has 1 saturated heterocycles. The quantitative estimate of drug-likeness (QED) is 0.899. The van der Waals surface area contributed by atoms with Gasteiger partial charge < -0.3 is 19.2 Å². The van der Waals surface area contributed by atoms with Gasteiger partial charge >= 0.3 is 0 Å². The van der Waals surface area contributed by atoms with Crippen molar-refractivity contribution < 1.29 is 14.0 Å². The highest BCUT2D eigenvalue weighted by atomic mass is 79.9. The fraction of sp³-hybridized carbons (Fsp3) is 0.286. The van der Waals surface area contributed by atoms with E-state index < -0.39 is 0 Å². The zero-order chi connectivity index (χ0) is 14.8. The molecule has 21 heavy (non-hydrogen) atoms. The maximum absolute atomic E-state index is 12.3. The van der Waals surface area contributed by atoms with Crippen molar-refractivity contribution in [2.45, 2.75) is 0 Å². The van der Waals surface area contributed by atoms with Crippen LogP contribution in [0.2, 0.25) is 0 Å². The Hall–Kier alpha value is -2.02. The van der Waals surface area contributed by atoms with Crippen LogP contribution in [0.4, 0.5) is 0 Å². The molecule has 0 spiro atoms. The van der Waals surface area contributed by atoms with Crippen LogP contribution < -0.4 is 0 Å². The highest BCUT2D eigenvalue weighted by Crippen LogP contribution is 2.15. The van der Waals surface area contributed by atoms with Gasteiger partial charge in [-0.05, 0) is 28.1 Å². The molecule has 2 amide bonds. The van der Waals surface area contributed by atoms with E-state index >= 15 is 0 Å². The van der Waals surface area contributed by atoms with Crippen LogP contribution >= 0.6 is 15.9 Å². The van der Waals surface area contributed by atoms with Crippen molar-refractivity contribution in [3.8, 4) is 0 Å². The molecule has 2 aromatic rings. The summed E-state index contributed by atoms with van der Waals surface area (Å²) in [4.78, 5) is 30.8. The minimum absolute atomic E-state index is 0.0453. The van der Waals surface area contributed by atoms with E-state index in [1.165, 1.54) is 12.5 Å². The predicted molar refractivity (Wildman–Crippen MR) is 79.0 cm³/mol. The van der Waals surface area contributed by atoms with Crippen LogP contribution in [-0.2, 0) is 0 Å². The van der Waals surface area contributed by atoms with E-state index in [9.17, 15) is 9.59 Å². The Kier molecular flexibility index (Phi) is 3.83. The molecular formula is C14H14BrN3O3. The summed E-state index contributed by atoms with van der Waals surface area (Å²) in [6, 6.07) is 3.40. The lowest BCUT2D eigenvalue weighted by Gasteiger charge is -2.34. The number of carbonyl (C=O) groups excluding carboxylic acids is 2. The first-order valence-corrected chi connectivity index (χ1v) is 7.39. The number of halogens is 1. The average molecular weight is 352 g/mol. The Morgan fingerprint density at radius 2 is 1.81 bits per heavy atom. The first-order valence-electron chi connectivity index (χ1n) is 6.60. The standard InChI is InChI=1S/C14H14BrN3O3/c15-11-7-12(16-8-11)14(20)18-4-2-17(3-5-18)13(19)10-1-6-21-9-10/h1,6-9,16H,2-5H2. The van der Waals surface area contributed by atoms with Crippen LogP contribution in [0.1, 0.15) is 20.8 Å². The third-order valence-corrected chi connectivity index (χ3v) is 3.96. The lowest BCUT2D eigenvalue weighted by molar-refractivity contribution is 0.0532. The molecule has 0 saturated carbocycles. The van der Waals surface area contributed by atoms with Gasteiger partial charge in [-0.1, -0.05) is 0 Å². The molecule has 0 radical (unpaired) electrons. The summed E-state index contributed by atoms with van der Waals surface area (Å²) < 4.78 is 5.77. The fourth-order valence-electron chi connectivity index (χ4n) is 2.34. The van der Waals surface area contributed by atoms with E-state index in [0.29, 0.717) is 37.4 Å². The van der Waals surface area contributed by atoms with E-state index in [0.717, 1.165) is 4.47 Å². The molecule has 1 fully saturated rings. The van der Waals surface area contributed by atoms with Crippen molar-refractivity contribution >= 4 is 27.7 Å². The van der Waals surface area contributed by atoms with Crippen molar-refractivity contribution in [2.75, 3.05) is 26.2 Å². The van der Waals surface area contributed by atoms with Crippen molar-refractivity contribution in [2.24, 2.45) is 0 Å². The molecule has 3 heterocycles. The highest BCUT2D eigenvalue weighted by molar-refractivity contribution is 9.10. The Morgan fingerprint density at radius 1 is 1.14 bits per heavy atom. The number of aromatic amines is 1. The molecule has 0 aliphatic carbocycles. The number of nitrogens with one attached hydrogen (secondary N) is 1. The third-order valence-electron chi connectivity index (χ3n) is 3.50. The second-order valence-electron chi connectivity index (χ2n) is 4.83. The molecular weight excluding hydrogens is 338 g/mol. The molecule has 1 aliphatic rings. The summed E-state index contributed by atoms with van der Waals surface area (Å²) in [6.07, 6.45) is 4.65. The summed E-state index contributed by atoms with van der Waals surface area (Å²) in [5.41, 5.74) is 1.10. The molecule has 1 N–H and O–H groups in total. The van der Waals surface area contributed by atoms with Gasteiger partial charge in [0.1, 0.15) is 12.0 Å². The van der Waals surface area contributed by atoms with E-state index in [1.807, 2.05) is 0 Å². The SMILES string of the molecule is O=C(c1ccoc1)N1CCN(C(=O)c2cc(Br)c[nH]2)CC1. The fourth-order valence-corrected chi connectivity index (χ4v) is 2.69. The summed E-state index contributed by atoms with van der Waals surface area (Å²) in [5.74, 6) is -0.102. The van der Waals surface area contributed by atoms with Gasteiger partial charge in [-0.3, -0.25) is 9.59 Å². The average Bonchev–Trinajstić information content (AvgIpc) is 3.17. The molecule has 0 atom stereocenters. The van der Waals surface area contributed by atoms with Gasteiger partial charge in [-0.2, -0.15) is 0 Å². The maximum atomic E-state index is 12.3. The van der Waals surface area contributed by atoms with E-state index in [2.05, 4.69) is 20.9 Å². The number of rotatable bonds is 2. The summed E-state index contributed by atoms with van der Waals surface area (Å²) >= 11 is 3.31. The minimum atomic E-state index is -0.0570. The summed E-state index contributed by atoms with van der Waals surface area (Å²) in [6.45, 7) is 2.10. The first kappa shape index (κ1) is 13.9. The van der Waals surface area contributed by atoms with Crippen molar-refractivity contribution in [1.29, 1.82) is 0 Å². The molecule has 0 bridgehead atoms. The zero-order valence-corrected chi connectivity index (χ0v) is 12.8. The number of nitrogens with zero attached hydrogens (tertiary/aromatic N) is 2. The summed E-state index contributed by atoms with van der Waals surface area (Å²) in [7, 11) is 0. The molecule has 1 aliphatic heterocycles. The molecule has 2 aromatic heterocycles. The first-order chi connectivity index (χ1) is 10.1. The number of H-pyrrole nitrogens is 1. The molecule has 3 rings (SSSR count). The van der Waals surface area contributed by atoms with Crippen molar-refractivity contribution in [3.63, 3.8) is 0 Å². The molecule has 0 unspecified atom stereocenters. The van der Waals surface area contributed by atoms with Crippen molar-refractivity contribution in [3.05, 3.63) is 46.6 Å². The second-order valence-corrected chi connectivity index (χ2v) is 5.74. The second kappa shape index (κ2) is 5.77. The number of amides is 2. The Balaban J connectivity index is 1.60. The van der Waals surface area contributed by atoms with Gasteiger partial charge in [0.05, 0.1) is 11.8 Å². The minimum Gasteiger partial charge on any atom is -0.472 e. The van der Waals surface area contributed by atoms with E-state index in [-0.39, 0.29) is 11.8 Å². The molecule has 0 aromatic carbocycles. The van der Waals surface area contributed by atoms with Gasteiger partial charge in [0.25, 0.3) is 11.8 Å². The number of hydrogen-bond donors (Lipinski definition) is 1. The van der Waals surface area contributed by atoms with Crippen molar-refractivity contribution in [1.82, 2.24) is 14.8 Å². The zero-order valence-electron chi connectivity index (χ0n) is 11.2. The number of carbonyl (C=O) groups is 2. The van der Waals surface area contributed by atoms with Crippen LogP contribution in [0, 0.1) is 0 Å². The van der Waals surface area contributed by atoms with Gasteiger partial charge in [-0.25, -0.2) is 0 Å². The topological polar surface area (TPSA) is 69.6 Å². The molecule has 7 heteroatoms. The Morgan fingerprint density at radius 3 is 2.33 bits per heavy atom. The van der Waals surface area contributed by atoms with Gasteiger partial charge in [0.2, 0.25) is 0 Å². The van der Waals surface area contributed by atoms with Crippen LogP contribution in [0.5, 0.6) is 0 Å². The molecule has 6 nitrogen and oxygen atoms in total. The Labute approximate surface area is 129 Å². The van der Waals surface area contributed by atoms with E-state index in [1.54, 1.807) is 28.1 Å². The normalized spacial score (nSPS) is 15.3. The maximum Gasteiger partial charge on any atom is 0.270 e. The highest BCUT2D eigenvalue weighted by Gasteiger charge is 2.26. The largest absolute Gasteiger partial charge is 0.472 e. The number of piperazine rings is 1. The monoisotopic (exact) mass is 351 g/mol. The smallest absolute Gasteiger partial charge is 0.270 e. The molecule has 110 valence electrons. The predicted octanol–water partition coefficient (Wildman–Crippen LogP) is 1.97. The van der Waals surface area contributed by atoms with Gasteiger partial charge in [0.15, 0.2) is 0 Å². The number of aromatic nitrogens is 1. The van der Waals surface area contributed by atoms with Crippen LogP contribution in [-0.4, -0.2) is 52.8 Å². The number of hydrogen-bond acceptors (Lipinski definition) is 3. The Bertz CT molecular complexity index is 642. The van der Waals surface area contributed by atoms with Gasteiger partial charge in [0, 0.05) is 36.8 Å².